The number of piperidine rings is 1. The summed E-state index contributed by atoms with van der Waals surface area (Å²) in [5, 5.41) is 3.47. The van der Waals surface area contributed by atoms with E-state index >= 15 is 0 Å². The summed E-state index contributed by atoms with van der Waals surface area (Å²) in [6, 6.07) is 0.502. The Morgan fingerprint density at radius 1 is 1.58 bits per heavy atom. The fourth-order valence-electron chi connectivity index (χ4n) is 2.10. The second-order valence-electron chi connectivity index (χ2n) is 3.73. The summed E-state index contributed by atoms with van der Waals surface area (Å²) < 4.78 is 0. The molecule has 2 atom stereocenters. The number of hydrogen-bond donors (Lipinski definition) is 2. The van der Waals surface area contributed by atoms with Crippen LogP contribution in [0.25, 0.3) is 0 Å². The fraction of sp³-hybridized carbons (Fsp3) is 0.600. The highest BCUT2D eigenvalue weighted by Crippen LogP contribution is 2.28. The van der Waals surface area contributed by atoms with Gasteiger partial charge >= 0.3 is 0 Å². The SMILES string of the molecule is CC1=C(N)C2CCCNC2C=C1. The lowest BCUT2D eigenvalue weighted by Crippen LogP contribution is -2.43. The van der Waals surface area contributed by atoms with Gasteiger partial charge in [0.25, 0.3) is 0 Å². The average Bonchev–Trinajstić information content (AvgIpc) is 2.12. The molecule has 2 nitrogen and oxygen atoms in total. The van der Waals surface area contributed by atoms with Crippen LogP contribution < -0.4 is 11.1 Å². The normalized spacial score (nSPS) is 35.1. The molecule has 3 N–H and O–H groups in total. The van der Waals surface area contributed by atoms with Crippen molar-refractivity contribution in [3.05, 3.63) is 23.4 Å². The molecule has 1 saturated heterocycles. The summed E-state index contributed by atoms with van der Waals surface area (Å²) >= 11 is 0. The monoisotopic (exact) mass is 164 g/mol. The Kier molecular flexibility index (Phi) is 1.93. The molecule has 0 bridgehead atoms. The molecule has 0 saturated carbocycles. The van der Waals surface area contributed by atoms with Gasteiger partial charge in [0, 0.05) is 17.7 Å². The van der Waals surface area contributed by atoms with E-state index in [2.05, 4.69) is 24.4 Å². The molecule has 2 unspecified atom stereocenters. The maximum atomic E-state index is 6.02. The number of hydrogen-bond acceptors (Lipinski definition) is 2. The van der Waals surface area contributed by atoms with Crippen LogP contribution in [0.1, 0.15) is 19.8 Å². The summed E-state index contributed by atoms with van der Waals surface area (Å²) in [6.07, 6.45) is 6.87. The highest BCUT2D eigenvalue weighted by Gasteiger charge is 2.27. The molecular formula is C10H16N2. The smallest absolute Gasteiger partial charge is 0.0336 e. The summed E-state index contributed by atoms with van der Waals surface area (Å²) in [5.74, 6) is 0.559. The van der Waals surface area contributed by atoms with Crippen molar-refractivity contribution in [3.8, 4) is 0 Å². The maximum absolute atomic E-state index is 6.02. The third kappa shape index (κ3) is 1.16. The molecule has 66 valence electrons. The van der Waals surface area contributed by atoms with Gasteiger partial charge in [0.15, 0.2) is 0 Å². The Bertz CT molecular complexity index is 240. The van der Waals surface area contributed by atoms with Crippen molar-refractivity contribution in [2.45, 2.75) is 25.8 Å². The Balaban J connectivity index is 2.23. The number of rotatable bonds is 0. The van der Waals surface area contributed by atoms with E-state index < -0.39 is 0 Å². The van der Waals surface area contributed by atoms with E-state index in [9.17, 15) is 0 Å². The van der Waals surface area contributed by atoms with Crippen LogP contribution in [-0.4, -0.2) is 12.6 Å². The average molecular weight is 164 g/mol. The lowest BCUT2D eigenvalue weighted by molar-refractivity contribution is 0.353. The van der Waals surface area contributed by atoms with Gasteiger partial charge in [0.1, 0.15) is 0 Å². The summed E-state index contributed by atoms with van der Waals surface area (Å²) in [6.45, 7) is 3.23. The van der Waals surface area contributed by atoms with Gasteiger partial charge in [-0.3, -0.25) is 0 Å². The first-order chi connectivity index (χ1) is 5.79. The fourth-order valence-corrected chi connectivity index (χ4v) is 2.10. The maximum Gasteiger partial charge on any atom is 0.0336 e. The highest BCUT2D eigenvalue weighted by molar-refractivity contribution is 5.31. The van der Waals surface area contributed by atoms with Crippen LogP contribution in [0.15, 0.2) is 23.4 Å². The van der Waals surface area contributed by atoms with E-state index in [4.69, 9.17) is 5.73 Å². The number of allylic oxidation sites excluding steroid dienone is 2. The molecule has 0 aromatic heterocycles. The van der Waals surface area contributed by atoms with Gasteiger partial charge in [-0.25, -0.2) is 0 Å². The summed E-state index contributed by atoms with van der Waals surface area (Å²) in [4.78, 5) is 0. The molecule has 0 spiro atoms. The van der Waals surface area contributed by atoms with Gasteiger partial charge in [0.2, 0.25) is 0 Å². The molecule has 1 heterocycles. The third-order valence-electron chi connectivity index (χ3n) is 2.91. The molecule has 0 radical (unpaired) electrons. The second kappa shape index (κ2) is 2.94. The Morgan fingerprint density at radius 3 is 3.25 bits per heavy atom. The lowest BCUT2D eigenvalue weighted by Gasteiger charge is -2.34. The quantitative estimate of drug-likeness (QED) is 0.564. The standard InChI is InChI=1S/C10H16N2/c1-7-4-5-9-8(10(7)11)3-2-6-12-9/h4-5,8-9,12H,2-3,6,11H2,1H3. The van der Waals surface area contributed by atoms with E-state index in [1.54, 1.807) is 0 Å². The van der Waals surface area contributed by atoms with E-state index in [1.165, 1.54) is 18.4 Å². The molecule has 2 heteroatoms. The van der Waals surface area contributed by atoms with E-state index in [-0.39, 0.29) is 0 Å². The number of nitrogens with one attached hydrogen (secondary N) is 1. The van der Waals surface area contributed by atoms with Crippen LogP contribution >= 0.6 is 0 Å². The predicted octanol–water partition coefficient (Wildman–Crippen LogP) is 1.16. The van der Waals surface area contributed by atoms with Gasteiger partial charge in [-0.2, -0.15) is 0 Å². The molecule has 0 amide bonds. The lowest BCUT2D eigenvalue weighted by atomic mass is 9.83. The van der Waals surface area contributed by atoms with E-state index in [1.807, 2.05) is 0 Å². The van der Waals surface area contributed by atoms with Gasteiger partial charge in [0.05, 0.1) is 0 Å². The topological polar surface area (TPSA) is 38.0 Å². The van der Waals surface area contributed by atoms with Crippen molar-refractivity contribution >= 4 is 0 Å². The van der Waals surface area contributed by atoms with Crippen LogP contribution in [0.3, 0.4) is 0 Å². The molecule has 2 aliphatic rings. The van der Waals surface area contributed by atoms with Crippen LogP contribution in [-0.2, 0) is 0 Å². The first-order valence-electron chi connectivity index (χ1n) is 4.67. The van der Waals surface area contributed by atoms with Crippen LogP contribution in [0.2, 0.25) is 0 Å². The molecule has 0 aromatic carbocycles. The summed E-state index contributed by atoms with van der Waals surface area (Å²) in [7, 11) is 0. The zero-order valence-corrected chi connectivity index (χ0v) is 7.51. The van der Waals surface area contributed by atoms with Gasteiger partial charge < -0.3 is 11.1 Å². The van der Waals surface area contributed by atoms with E-state index in [0.717, 1.165) is 12.2 Å². The van der Waals surface area contributed by atoms with Crippen molar-refractivity contribution in [1.29, 1.82) is 0 Å². The molecule has 1 fully saturated rings. The largest absolute Gasteiger partial charge is 0.402 e. The minimum Gasteiger partial charge on any atom is -0.402 e. The van der Waals surface area contributed by atoms with Crippen LogP contribution in [0, 0.1) is 5.92 Å². The number of nitrogens with two attached hydrogens (primary N) is 1. The minimum absolute atomic E-state index is 0.502. The molecule has 2 rings (SSSR count). The van der Waals surface area contributed by atoms with Crippen molar-refractivity contribution in [1.82, 2.24) is 5.32 Å². The second-order valence-corrected chi connectivity index (χ2v) is 3.73. The van der Waals surface area contributed by atoms with Crippen molar-refractivity contribution in [2.75, 3.05) is 6.54 Å². The van der Waals surface area contributed by atoms with Crippen LogP contribution in [0.5, 0.6) is 0 Å². The van der Waals surface area contributed by atoms with Gasteiger partial charge in [-0.1, -0.05) is 12.2 Å². The highest BCUT2D eigenvalue weighted by atomic mass is 14.9. The van der Waals surface area contributed by atoms with Gasteiger partial charge in [-0.15, -0.1) is 0 Å². The molecule has 0 aromatic rings. The summed E-state index contributed by atoms with van der Waals surface area (Å²) in [5.41, 5.74) is 8.36. The first-order valence-corrected chi connectivity index (χ1v) is 4.67. The molecule has 1 aliphatic carbocycles. The molecule has 1 aliphatic heterocycles. The predicted molar refractivity (Wildman–Crippen MR) is 50.5 cm³/mol. The van der Waals surface area contributed by atoms with Gasteiger partial charge in [-0.05, 0) is 31.9 Å². The van der Waals surface area contributed by atoms with Crippen molar-refractivity contribution in [2.24, 2.45) is 11.7 Å². The Morgan fingerprint density at radius 2 is 2.42 bits per heavy atom. The molecule has 12 heavy (non-hydrogen) atoms. The Labute approximate surface area is 73.5 Å². The zero-order valence-electron chi connectivity index (χ0n) is 7.51. The van der Waals surface area contributed by atoms with E-state index in [0.29, 0.717) is 12.0 Å². The Hall–Kier alpha value is -0.760. The van der Waals surface area contributed by atoms with Crippen molar-refractivity contribution < 1.29 is 0 Å². The van der Waals surface area contributed by atoms with Crippen LogP contribution in [0.4, 0.5) is 0 Å². The third-order valence-corrected chi connectivity index (χ3v) is 2.91. The molecular weight excluding hydrogens is 148 g/mol. The minimum atomic E-state index is 0.502. The first kappa shape index (κ1) is 7.87. The van der Waals surface area contributed by atoms with Crippen molar-refractivity contribution in [3.63, 3.8) is 0 Å². The number of fused-ring (bicyclic) bond motifs is 1. The zero-order chi connectivity index (χ0) is 8.55.